The topological polar surface area (TPSA) is 59.1 Å². The number of hydrogen-bond donors (Lipinski definition) is 1. The first-order chi connectivity index (χ1) is 11.4. The lowest BCUT2D eigenvalue weighted by atomic mass is 10.2. The third-order valence-corrected chi connectivity index (χ3v) is 7.37. The minimum Gasteiger partial charge on any atom is -0.280 e. The van der Waals surface area contributed by atoms with E-state index in [-0.39, 0.29) is 4.90 Å². The first-order valence-corrected chi connectivity index (χ1v) is 10.9. The number of hydrogen-bond acceptors (Lipinski definition) is 5. The van der Waals surface area contributed by atoms with Gasteiger partial charge >= 0.3 is 0 Å². The van der Waals surface area contributed by atoms with Gasteiger partial charge in [0, 0.05) is 5.02 Å². The molecule has 126 valence electrons. The highest BCUT2D eigenvalue weighted by Crippen LogP contribution is 2.32. The maximum Gasteiger partial charge on any atom is 0.262 e. The molecule has 24 heavy (non-hydrogen) atoms. The Morgan fingerprint density at radius 1 is 1.29 bits per heavy atom. The lowest BCUT2D eigenvalue weighted by Gasteiger charge is -2.11. The molecule has 2 aromatic carbocycles. The minimum atomic E-state index is -3.69. The molecule has 3 aromatic rings. The van der Waals surface area contributed by atoms with Gasteiger partial charge < -0.3 is 0 Å². The number of halogens is 1. The van der Waals surface area contributed by atoms with Crippen LogP contribution in [0.25, 0.3) is 10.2 Å². The van der Waals surface area contributed by atoms with Gasteiger partial charge in [-0.15, -0.1) is 11.3 Å². The summed E-state index contributed by atoms with van der Waals surface area (Å²) in [7, 11) is -3.69. The van der Waals surface area contributed by atoms with Crippen molar-refractivity contribution < 1.29 is 8.42 Å². The highest BCUT2D eigenvalue weighted by Gasteiger charge is 2.18. The Bertz CT molecular complexity index is 1000. The summed E-state index contributed by atoms with van der Waals surface area (Å²) in [6.45, 7) is 3.77. The average Bonchev–Trinajstić information content (AvgIpc) is 2.91. The predicted molar refractivity (Wildman–Crippen MR) is 103 cm³/mol. The van der Waals surface area contributed by atoms with Crippen molar-refractivity contribution in [2.24, 2.45) is 0 Å². The molecular weight excluding hydrogens is 384 g/mol. The van der Waals surface area contributed by atoms with E-state index >= 15 is 0 Å². The van der Waals surface area contributed by atoms with E-state index in [2.05, 4.69) is 16.6 Å². The fraction of sp³-hybridized carbons (Fsp3) is 0.188. The third-order valence-electron chi connectivity index (χ3n) is 3.40. The van der Waals surface area contributed by atoms with Crippen molar-refractivity contribution in [1.82, 2.24) is 4.98 Å². The van der Waals surface area contributed by atoms with Gasteiger partial charge in [-0.1, -0.05) is 36.4 Å². The normalized spacial score (nSPS) is 11.8. The quantitative estimate of drug-likeness (QED) is 0.602. The number of benzene rings is 2. The van der Waals surface area contributed by atoms with Crippen molar-refractivity contribution in [3.63, 3.8) is 0 Å². The first kappa shape index (κ1) is 17.5. The summed E-state index contributed by atoms with van der Waals surface area (Å²) in [6, 6.07) is 10.2. The van der Waals surface area contributed by atoms with E-state index in [0.29, 0.717) is 16.3 Å². The van der Waals surface area contributed by atoms with Crippen LogP contribution in [0.1, 0.15) is 12.5 Å². The van der Waals surface area contributed by atoms with Crippen molar-refractivity contribution in [1.29, 1.82) is 0 Å². The van der Waals surface area contributed by atoms with Crippen molar-refractivity contribution in [2.75, 3.05) is 10.5 Å². The largest absolute Gasteiger partial charge is 0.280 e. The molecule has 0 bridgehead atoms. The molecule has 0 spiro atoms. The van der Waals surface area contributed by atoms with Crippen molar-refractivity contribution in [2.45, 2.75) is 23.1 Å². The molecule has 0 unspecified atom stereocenters. The van der Waals surface area contributed by atoms with E-state index in [4.69, 9.17) is 11.6 Å². The van der Waals surface area contributed by atoms with Gasteiger partial charge in [-0.2, -0.15) is 0 Å². The van der Waals surface area contributed by atoms with Crippen LogP contribution < -0.4 is 4.72 Å². The van der Waals surface area contributed by atoms with Gasteiger partial charge in [0.15, 0.2) is 4.34 Å². The third kappa shape index (κ3) is 3.54. The summed E-state index contributed by atoms with van der Waals surface area (Å²) in [5.41, 5.74) is 1.92. The Balaban J connectivity index is 1.94. The van der Waals surface area contributed by atoms with Crippen molar-refractivity contribution in [3.05, 3.63) is 47.0 Å². The molecular formula is C16H15ClN2O2S3. The molecule has 1 N–H and O–H groups in total. The van der Waals surface area contributed by atoms with E-state index < -0.39 is 10.0 Å². The van der Waals surface area contributed by atoms with Crippen LogP contribution in [-0.4, -0.2) is 19.2 Å². The fourth-order valence-electron chi connectivity index (χ4n) is 2.24. The Hall–Kier alpha value is -1.28. The monoisotopic (exact) mass is 398 g/mol. The SMILES string of the molecule is CCSc1nc2ccc(NS(=O)(=O)c3cccc(Cl)c3C)cc2s1. The Kier molecular flexibility index (Phi) is 5.05. The van der Waals surface area contributed by atoms with Gasteiger partial charge in [0.25, 0.3) is 10.0 Å². The van der Waals surface area contributed by atoms with Crippen LogP contribution in [0.4, 0.5) is 5.69 Å². The number of nitrogens with one attached hydrogen (secondary N) is 1. The molecule has 0 saturated heterocycles. The van der Waals surface area contributed by atoms with Gasteiger partial charge in [0.1, 0.15) is 0 Å². The van der Waals surface area contributed by atoms with Gasteiger partial charge in [-0.3, -0.25) is 4.72 Å². The van der Waals surface area contributed by atoms with E-state index in [0.717, 1.165) is 20.3 Å². The number of anilines is 1. The van der Waals surface area contributed by atoms with Crippen LogP contribution in [0.5, 0.6) is 0 Å². The highest BCUT2D eigenvalue weighted by atomic mass is 35.5. The zero-order valence-corrected chi connectivity index (χ0v) is 16.2. The zero-order valence-electron chi connectivity index (χ0n) is 13.0. The number of nitrogens with zero attached hydrogens (tertiary/aromatic N) is 1. The van der Waals surface area contributed by atoms with Gasteiger partial charge in [0.05, 0.1) is 20.8 Å². The molecule has 0 radical (unpaired) electrons. The van der Waals surface area contributed by atoms with Crippen LogP contribution in [-0.2, 0) is 10.0 Å². The molecule has 0 aliphatic rings. The van der Waals surface area contributed by atoms with Crippen LogP contribution in [0.3, 0.4) is 0 Å². The van der Waals surface area contributed by atoms with E-state index in [9.17, 15) is 8.42 Å². The molecule has 0 aliphatic heterocycles. The molecule has 0 atom stereocenters. The summed E-state index contributed by atoms with van der Waals surface area (Å²) in [4.78, 5) is 4.69. The molecule has 0 amide bonds. The summed E-state index contributed by atoms with van der Waals surface area (Å²) >= 11 is 9.27. The molecule has 1 heterocycles. The highest BCUT2D eigenvalue weighted by molar-refractivity contribution is 8.01. The second-order valence-corrected chi connectivity index (χ2v) is 9.66. The second kappa shape index (κ2) is 6.92. The Labute approximate surface area is 154 Å². The lowest BCUT2D eigenvalue weighted by molar-refractivity contribution is 0.600. The van der Waals surface area contributed by atoms with E-state index in [1.165, 1.54) is 0 Å². The predicted octanol–water partition coefficient (Wildman–Crippen LogP) is 5.17. The maximum atomic E-state index is 12.6. The van der Waals surface area contributed by atoms with Gasteiger partial charge in [0.2, 0.25) is 0 Å². The van der Waals surface area contributed by atoms with Crippen LogP contribution in [0.15, 0.2) is 45.6 Å². The van der Waals surface area contributed by atoms with Crippen molar-refractivity contribution in [3.8, 4) is 0 Å². The van der Waals surface area contributed by atoms with Gasteiger partial charge in [-0.05, 0) is 48.6 Å². The maximum absolute atomic E-state index is 12.6. The molecule has 0 saturated carbocycles. The number of rotatable bonds is 5. The number of fused-ring (bicyclic) bond motifs is 1. The summed E-state index contributed by atoms with van der Waals surface area (Å²) in [5.74, 6) is 0.952. The lowest BCUT2D eigenvalue weighted by Crippen LogP contribution is -2.14. The number of thiazole rings is 1. The fourth-order valence-corrected chi connectivity index (χ4v) is 5.79. The first-order valence-electron chi connectivity index (χ1n) is 7.22. The molecule has 0 aliphatic carbocycles. The standard InChI is InChI=1S/C16H15ClN2O2S3/c1-3-22-16-18-13-8-7-11(9-14(13)23-16)19-24(20,21)15-6-4-5-12(17)10(15)2/h4-9,19H,3H2,1-2H3. The van der Waals surface area contributed by atoms with Crippen LogP contribution >= 0.6 is 34.7 Å². The Morgan fingerprint density at radius 3 is 2.83 bits per heavy atom. The molecule has 0 fully saturated rings. The van der Waals surface area contributed by atoms with Crippen molar-refractivity contribution >= 4 is 60.6 Å². The van der Waals surface area contributed by atoms with E-state index in [1.807, 2.05) is 12.1 Å². The zero-order chi connectivity index (χ0) is 17.3. The molecule has 8 heteroatoms. The summed E-state index contributed by atoms with van der Waals surface area (Å²) in [5, 5.41) is 0.428. The molecule has 4 nitrogen and oxygen atoms in total. The minimum absolute atomic E-state index is 0.182. The summed E-state index contributed by atoms with van der Waals surface area (Å²) < 4.78 is 29.8. The average molecular weight is 399 g/mol. The van der Waals surface area contributed by atoms with Crippen LogP contribution in [0.2, 0.25) is 5.02 Å². The Morgan fingerprint density at radius 2 is 2.08 bits per heavy atom. The second-order valence-electron chi connectivity index (χ2n) is 5.06. The smallest absolute Gasteiger partial charge is 0.262 e. The number of aromatic nitrogens is 1. The summed E-state index contributed by atoms with van der Waals surface area (Å²) in [6.07, 6.45) is 0. The number of thioether (sulfide) groups is 1. The van der Waals surface area contributed by atoms with Crippen LogP contribution in [0, 0.1) is 6.92 Å². The molecule has 1 aromatic heterocycles. The van der Waals surface area contributed by atoms with E-state index in [1.54, 1.807) is 54.3 Å². The van der Waals surface area contributed by atoms with Gasteiger partial charge in [-0.25, -0.2) is 13.4 Å². The number of sulfonamides is 1. The molecule has 3 rings (SSSR count).